The maximum absolute atomic E-state index is 5.69. The Morgan fingerprint density at radius 3 is 2.88 bits per heavy atom. The van der Waals surface area contributed by atoms with Gasteiger partial charge in [0.15, 0.2) is 0 Å². The van der Waals surface area contributed by atoms with E-state index in [-0.39, 0.29) is 0 Å². The molecule has 2 nitrogen and oxygen atoms in total. The second-order valence-corrected chi connectivity index (χ2v) is 5.52. The van der Waals surface area contributed by atoms with E-state index in [1.54, 1.807) is 0 Å². The van der Waals surface area contributed by atoms with Crippen LogP contribution >= 0.6 is 0 Å². The second kappa shape index (κ2) is 5.72. The minimum Gasteiger partial charge on any atom is -0.466 e. The van der Waals surface area contributed by atoms with E-state index >= 15 is 0 Å². The van der Waals surface area contributed by atoms with Gasteiger partial charge in [0.1, 0.15) is 11.5 Å². The number of hydrogen-bond donors (Lipinski definition) is 0. The van der Waals surface area contributed by atoms with E-state index in [1.807, 2.05) is 6.92 Å². The molecule has 0 unspecified atom stereocenters. The molecule has 0 bridgehead atoms. The highest BCUT2D eigenvalue weighted by Crippen LogP contribution is 2.23. The number of piperidine rings is 1. The first-order valence-corrected chi connectivity index (χ1v) is 6.97. The van der Waals surface area contributed by atoms with Crippen molar-refractivity contribution in [3.8, 4) is 0 Å². The highest BCUT2D eigenvalue weighted by molar-refractivity contribution is 5.09. The van der Waals surface area contributed by atoms with Crippen LogP contribution in [0.3, 0.4) is 0 Å². The molecule has 1 saturated heterocycles. The van der Waals surface area contributed by atoms with E-state index in [0.717, 1.165) is 17.6 Å². The molecule has 2 atom stereocenters. The molecule has 0 N–H and O–H groups in total. The molecule has 1 aromatic rings. The molecule has 0 radical (unpaired) electrons. The molecule has 17 heavy (non-hydrogen) atoms. The van der Waals surface area contributed by atoms with Gasteiger partial charge in [-0.3, -0.25) is 0 Å². The van der Waals surface area contributed by atoms with Crippen LogP contribution in [0.25, 0.3) is 0 Å². The van der Waals surface area contributed by atoms with Crippen molar-refractivity contribution in [2.75, 3.05) is 13.1 Å². The maximum Gasteiger partial charge on any atom is 0.107 e. The van der Waals surface area contributed by atoms with Crippen LogP contribution in [-0.4, -0.2) is 24.0 Å². The van der Waals surface area contributed by atoms with Gasteiger partial charge >= 0.3 is 0 Å². The van der Waals surface area contributed by atoms with Crippen molar-refractivity contribution in [1.82, 2.24) is 4.90 Å². The molecule has 0 spiro atoms. The van der Waals surface area contributed by atoms with E-state index in [4.69, 9.17) is 4.42 Å². The molecular weight excluding hydrogens is 210 g/mol. The van der Waals surface area contributed by atoms with Crippen LogP contribution in [0.2, 0.25) is 0 Å². The Bertz CT molecular complexity index is 344. The lowest BCUT2D eigenvalue weighted by atomic mass is 10.0. The largest absolute Gasteiger partial charge is 0.466 e. The van der Waals surface area contributed by atoms with Crippen molar-refractivity contribution in [3.63, 3.8) is 0 Å². The SMILES string of the molecule is Cc1ccc([C@@H](C)CCN2CCCC[C@@H]2C)o1. The molecule has 96 valence electrons. The van der Waals surface area contributed by atoms with E-state index in [9.17, 15) is 0 Å². The van der Waals surface area contributed by atoms with Gasteiger partial charge in [0.05, 0.1) is 0 Å². The summed E-state index contributed by atoms with van der Waals surface area (Å²) < 4.78 is 5.69. The number of aryl methyl sites for hydroxylation is 1. The first-order valence-electron chi connectivity index (χ1n) is 6.97. The van der Waals surface area contributed by atoms with Crippen molar-refractivity contribution in [1.29, 1.82) is 0 Å². The quantitative estimate of drug-likeness (QED) is 0.785. The van der Waals surface area contributed by atoms with Gasteiger partial charge in [0, 0.05) is 12.0 Å². The Morgan fingerprint density at radius 1 is 1.41 bits per heavy atom. The second-order valence-electron chi connectivity index (χ2n) is 5.52. The van der Waals surface area contributed by atoms with Crippen molar-refractivity contribution in [2.24, 2.45) is 0 Å². The number of likely N-dealkylation sites (tertiary alicyclic amines) is 1. The summed E-state index contributed by atoms with van der Waals surface area (Å²) in [7, 11) is 0. The molecule has 1 aliphatic heterocycles. The molecule has 1 fully saturated rings. The summed E-state index contributed by atoms with van der Waals surface area (Å²) in [5.74, 6) is 2.71. The molecule has 2 heterocycles. The predicted octanol–water partition coefficient (Wildman–Crippen LogP) is 3.96. The van der Waals surface area contributed by atoms with Gasteiger partial charge in [-0.05, 0) is 58.3 Å². The van der Waals surface area contributed by atoms with Crippen LogP contribution in [0.5, 0.6) is 0 Å². The molecule has 1 aromatic heterocycles. The zero-order valence-electron chi connectivity index (χ0n) is 11.4. The number of hydrogen-bond acceptors (Lipinski definition) is 2. The summed E-state index contributed by atoms with van der Waals surface area (Å²) in [6.07, 6.45) is 5.36. The normalized spacial score (nSPS) is 23.8. The van der Waals surface area contributed by atoms with E-state index in [2.05, 4.69) is 30.9 Å². The van der Waals surface area contributed by atoms with Crippen molar-refractivity contribution < 1.29 is 4.42 Å². The lowest BCUT2D eigenvalue weighted by Crippen LogP contribution is -2.38. The van der Waals surface area contributed by atoms with Crippen LogP contribution in [0.1, 0.15) is 57.0 Å². The van der Waals surface area contributed by atoms with Crippen molar-refractivity contribution in [2.45, 2.75) is 58.4 Å². The molecule has 0 aliphatic carbocycles. The molecule has 1 aliphatic rings. The van der Waals surface area contributed by atoms with Gasteiger partial charge in [-0.15, -0.1) is 0 Å². The molecule has 0 aromatic carbocycles. The monoisotopic (exact) mass is 235 g/mol. The summed E-state index contributed by atoms with van der Waals surface area (Å²) in [5, 5.41) is 0. The lowest BCUT2D eigenvalue weighted by molar-refractivity contribution is 0.155. The van der Waals surface area contributed by atoms with Gasteiger partial charge in [-0.1, -0.05) is 13.3 Å². The first-order chi connectivity index (χ1) is 8.16. The molecule has 2 rings (SSSR count). The van der Waals surface area contributed by atoms with Crippen molar-refractivity contribution in [3.05, 3.63) is 23.7 Å². The third-order valence-electron chi connectivity index (χ3n) is 4.04. The Kier molecular flexibility index (Phi) is 4.27. The Balaban J connectivity index is 1.81. The average Bonchev–Trinajstić information content (AvgIpc) is 2.74. The third-order valence-corrected chi connectivity index (χ3v) is 4.04. The number of nitrogens with zero attached hydrogens (tertiary/aromatic N) is 1. The van der Waals surface area contributed by atoms with Gasteiger partial charge < -0.3 is 9.32 Å². The van der Waals surface area contributed by atoms with Gasteiger partial charge in [0.25, 0.3) is 0 Å². The highest BCUT2D eigenvalue weighted by atomic mass is 16.3. The van der Waals surface area contributed by atoms with Gasteiger partial charge in [0.2, 0.25) is 0 Å². The van der Waals surface area contributed by atoms with Crippen molar-refractivity contribution >= 4 is 0 Å². The Labute approximate surface area is 105 Å². The van der Waals surface area contributed by atoms with Crippen LogP contribution in [0.4, 0.5) is 0 Å². The standard InChI is InChI=1S/C15H25NO/c1-12(15-8-7-14(3)17-15)9-11-16-10-5-4-6-13(16)2/h7-8,12-13H,4-6,9-11H2,1-3H3/t12-,13-/m0/s1. The van der Waals surface area contributed by atoms with Crippen LogP contribution < -0.4 is 0 Å². The average molecular weight is 235 g/mol. The first kappa shape index (κ1) is 12.7. The summed E-state index contributed by atoms with van der Waals surface area (Å²) in [6.45, 7) is 9.14. The minimum atomic E-state index is 0.540. The van der Waals surface area contributed by atoms with E-state index < -0.39 is 0 Å². The summed E-state index contributed by atoms with van der Waals surface area (Å²) in [6, 6.07) is 4.96. The predicted molar refractivity (Wildman–Crippen MR) is 71.4 cm³/mol. The smallest absolute Gasteiger partial charge is 0.107 e. The maximum atomic E-state index is 5.69. The van der Waals surface area contributed by atoms with Crippen LogP contribution in [-0.2, 0) is 0 Å². The molecular formula is C15H25NO. The lowest BCUT2D eigenvalue weighted by Gasteiger charge is -2.33. The minimum absolute atomic E-state index is 0.540. The van der Waals surface area contributed by atoms with Crippen LogP contribution in [0.15, 0.2) is 16.5 Å². The molecule has 0 saturated carbocycles. The third kappa shape index (κ3) is 3.35. The zero-order chi connectivity index (χ0) is 12.3. The summed E-state index contributed by atoms with van der Waals surface area (Å²) >= 11 is 0. The molecule has 0 amide bonds. The topological polar surface area (TPSA) is 16.4 Å². The van der Waals surface area contributed by atoms with Crippen LogP contribution in [0, 0.1) is 6.92 Å². The fraction of sp³-hybridized carbons (Fsp3) is 0.733. The Morgan fingerprint density at radius 2 is 2.24 bits per heavy atom. The fourth-order valence-electron chi connectivity index (χ4n) is 2.71. The highest BCUT2D eigenvalue weighted by Gasteiger charge is 2.19. The van der Waals surface area contributed by atoms with Gasteiger partial charge in [-0.25, -0.2) is 0 Å². The van der Waals surface area contributed by atoms with Gasteiger partial charge in [-0.2, -0.15) is 0 Å². The number of furan rings is 1. The summed E-state index contributed by atoms with van der Waals surface area (Å²) in [4.78, 5) is 2.63. The number of rotatable bonds is 4. The Hall–Kier alpha value is -0.760. The van der Waals surface area contributed by atoms with E-state index in [1.165, 1.54) is 38.8 Å². The summed E-state index contributed by atoms with van der Waals surface area (Å²) in [5.41, 5.74) is 0. The zero-order valence-corrected chi connectivity index (χ0v) is 11.4. The van der Waals surface area contributed by atoms with E-state index in [0.29, 0.717) is 5.92 Å². The molecule has 2 heteroatoms. The fourth-order valence-corrected chi connectivity index (χ4v) is 2.71.